The van der Waals surface area contributed by atoms with E-state index in [0.29, 0.717) is 5.78 Å². The molecule has 33 heavy (non-hydrogen) atoms. The average Bonchev–Trinajstić information content (AvgIpc) is 3.52. The Hall–Kier alpha value is -0.490. The standard InChI is InChI=1S/C14H22O3.C14H24O2/c15-13-3-1-11(2-4-13)12-5-7-14(8-6-12)16-9-10-17-14;1-2-4-12(5-3-1)13-6-8-14(9-7-13)15-10-11-16-14/h11-12H,1-10H2;12-13H,1-11H2. The van der Waals surface area contributed by atoms with Crippen molar-refractivity contribution in [3.63, 3.8) is 0 Å². The van der Waals surface area contributed by atoms with Gasteiger partial charge in [-0.1, -0.05) is 32.1 Å². The molecule has 4 aliphatic carbocycles. The number of carbonyl (C=O) groups is 1. The fraction of sp³-hybridized carbons (Fsp3) is 0.964. The maximum absolute atomic E-state index is 11.3. The molecule has 0 aromatic carbocycles. The van der Waals surface area contributed by atoms with Gasteiger partial charge in [-0.25, -0.2) is 0 Å². The van der Waals surface area contributed by atoms with Gasteiger partial charge < -0.3 is 18.9 Å². The van der Waals surface area contributed by atoms with Gasteiger partial charge in [-0.15, -0.1) is 0 Å². The van der Waals surface area contributed by atoms with Crippen molar-refractivity contribution in [3.8, 4) is 0 Å². The molecule has 0 atom stereocenters. The van der Waals surface area contributed by atoms with Crippen LogP contribution in [0.25, 0.3) is 0 Å². The van der Waals surface area contributed by atoms with Crippen molar-refractivity contribution >= 4 is 5.78 Å². The molecule has 2 aliphatic heterocycles. The molecule has 6 aliphatic rings. The summed E-state index contributed by atoms with van der Waals surface area (Å²) in [5.74, 6) is 3.68. The first-order chi connectivity index (χ1) is 16.2. The van der Waals surface area contributed by atoms with E-state index in [4.69, 9.17) is 18.9 Å². The summed E-state index contributed by atoms with van der Waals surface area (Å²) in [5, 5.41) is 0. The van der Waals surface area contributed by atoms with E-state index in [2.05, 4.69) is 0 Å². The van der Waals surface area contributed by atoms with Crippen LogP contribution >= 0.6 is 0 Å². The van der Waals surface area contributed by atoms with Gasteiger partial charge >= 0.3 is 0 Å². The number of Topliss-reactive ketones (excluding diaryl/α,β-unsaturated/α-hetero) is 1. The first-order valence-electron chi connectivity index (χ1n) is 14.2. The Morgan fingerprint density at radius 3 is 1.27 bits per heavy atom. The molecule has 0 aromatic rings. The van der Waals surface area contributed by atoms with Crippen molar-refractivity contribution in [1.82, 2.24) is 0 Å². The monoisotopic (exact) mass is 462 g/mol. The summed E-state index contributed by atoms with van der Waals surface area (Å²) >= 11 is 0. The molecule has 6 fully saturated rings. The highest BCUT2D eigenvalue weighted by molar-refractivity contribution is 5.79. The minimum atomic E-state index is -0.221. The van der Waals surface area contributed by atoms with E-state index in [9.17, 15) is 4.79 Å². The summed E-state index contributed by atoms with van der Waals surface area (Å²) in [6, 6.07) is 0. The minimum Gasteiger partial charge on any atom is -0.348 e. The Morgan fingerprint density at radius 2 is 0.848 bits per heavy atom. The van der Waals surface area contributed by atoms with Gasteiger partial charge in [0.15, 0.2) is 11.6 Å². The zero-order chi connectivity index (χ0) is 22.6. The highest BCUT2D eigenvalue weighted by Gasteiger charge is 2.43. The van der Waals surface area contributed by atoms with Crippen LogP contribution in [0.4, 0.5) is 0 Å². The Bertz CT molecular complexity index is 600. The van der Waals surface area contributed by atoms with Crippen LogP contribution in [0.1, 0.15) is 109 Å². The normalized spacial score (nSPS) is 33.3. The van der Waals surface area contributed by atoms with Crippen molar-refractivity contribution in [2.45, 2.75) is 121 Å². The molecular formula is C28H46O5. The maximum atomic E-state index is 11.3. The van der Waals surface area contributed by atoms with Gasteiger partial charge in [0.05, 0.1) is 26.4 Å². The quantitative estimate of drug-likeness (QED) is 0.490. The van der Waals surface area contributed by atoms with Crippen molar-refractivity contribution in [1.29, 1.82) is 0 Å². The fourth-order valence-corrected chi connectivity index (χ4v) is 7.71. The van der Waals surface area contributed by atoms with Crippen LogP contribution in [0, 0.1) is 23.7 Å². The van der Waals surface area contributed by atoms with E-state index in [1.165, 1.54) is 57.8 Å². The Morgan fingerprint density at radius 1 is 0.485 bits per heavy atom. The largest absolute Gasteiger partial charge is 0.348 e. The van der Waals surface area contributed by atoms with Gasteiger partial charge in [0, 0.05) is 38.5 Å². The molecule has 5 nitrogen and oxygen atoms in total. The van der Waals surface area contributed by atoms with Gasteiger partial charge in [0.1, 0.15) is 5.78 Å². The molecule has 0 bridgehead atoms. The van der Waals surface area contributed by atoms with Gasteiger partial charge in [-0.2, -0.15) is 0 Å². The lowest BCUT2D eigenvalue weighted by molar-refractivity contribution is -0.185. The Balaban J connectivity index is 0.000000139. The van der Waals surface area contributed by atoms with Crippen molar-refractivity contribution in [2.24, 2.45) is 23.7 Å². The van der Waals surface area contributed by atoms with Crippen LogP contribution in [0.2, 0.25) is 0 Å². The number of hydrogen-bond donors (Lipinski definition) is 0. The highest BCUT2D eigenvalue weighted by atomic mass is 16.7. The van der Waals surface area contributed by atoms with E-state index in [1.807, 2.05) is 0 Å². The fourth-order valence-electron chi connectivity index (χ4n) is 7.71. The molecule has 0 N–H and O–H groups in total. The van der Waals surface area contributed by atoms with Crippen LogP contribution < -0.4 is 0 Å². The lowest BCUT2D eigenvalue weighted by Crippen LogP contribution is -2.37. The SMILES string of the molecule is C1CCC(C2CCC3(CC2)OCCO3)CC1.O=C1CCC(C2CCC3(CC2)OCCO3)CC1. The second-order valence-electron chi connectivity index (χ2n) is 11.7. The third-order valence-electron chi connectivity index (χ3n) is 9.78. The van der Waals surface area contributed by atoms with Crippen LogP contribution in [0.5, 0.6) is 0 Å². The molecule has 0 aromatic heterocycles. The van der Waals surface area contributed by atoms with Gasteiger partial charge in [0.25, 0.3) is 0 Å². The summed E-state index contributed by atoms with van der Waals surface area (Å²) in [6.07, 6.45) is 20.8. The van der Waals surface area contributed by atoms with E-state index in [1.54, 1.807) is 0 Å². The molecule has 2 saturated heterocycles. The third-order valence-corrected chi connectivity index (χ3v) is 9.78. The van der Waals surface area contributed by atoms with Gasteiger partial charge in [0.2, 0.25) is 0 Å². The van der Waals surface area contributed by atoms with E-state index < -0.39 is 0 Å². The zero-order valence-corrected chi connectivity index (χ0v) is 20.7. The number of rotatable bonds is 2. The van der Waals surface area contributed by atoms with Crippen molar-refractivity contribution in [3.05, 3.63) is 0 Å². The van der Waals surface area contributed by atoms with Gasteiger partial charge in [-0.05, 0) is 62.2 Å². The first-order valence-corrected chi connectivity index (χ1v) is 14.2. The topological polar surface area (TPSA) is 54.0 Å². The van der Waals surface area contributed by atoms with Crippen molar-refractivity contribution in [2.75, 3.05) is 26.4 Å². The number of carbonyl (C=O) groups excluding carboxylic acids is 1. The van der Waals surface area contributed by atoms with Crippen LogP contribution in [0.15, 0.2) is 0 Å². The maximum Gasteiger partial charge on any atom is 0.168 e. The first kappa shape index (κ1) is 24.2. The van der Waals surface area contributed by atoms with E-state index in [-0.39, 0.29) is 11.6 Å². The number of ether oxygens (including phenoxy) is 4. The predicted molar refractivity (Wildman–Crippen MR) is 127 cm³/mol. The van der Waals surface area contributed by atoms with Crippen LogP contribution in [-0.4, -0.2) is 43.8 Å². The molecule has 2 heterocycles. The summed E-state index contributed by atoms with van der Waals surface area (Å²) in [7, 11) is 0. The predicted octanol–water partition coefficient (Wildman–Crippen LogP) is 6.18. The third kappa shape index (κ3) is 6.02. The summed E-state index contributed by atoms with van der Waals surface area (Å²) in [5.41, 5.74) is 0. The zero-order valence-electron chi connectivity index (χ0n) is 20.7. The molecule has 6 rings (SSSR count). The van der Waals surface area contributed by atoms with Crippen LogP contribution in [0.3, 0.4) is 0 Å². The molecular weight excluding hydrogens is 416 g/mol. The minimum absolute atomic E-state index is 0.148. The molecule has 4 saturated carbocycles. The van der Waals surface area contributed by atoms with Crippen molar-refractivity contribution < 1.29 is 23.7 Å². The molecule has 0 amide bonds. The second-order valence-corrected chi connectivity index (χ2v) is 11.7. The Labute approximate surface area is 200 Å². The average molecular weight is 463 g/mol. The molecule has 5 heteroatoms. The lowest BCUT2D eigenvalue weighted by atomic mass is 9.72. The lowest BCUT2D eigenvalue weighted by Gasteiger charge is -2.39. The molecule has 0 radical (unpaired) electrons. The molecule has 0 unspecified atom stereocenters. The summed E-state index contributed by atoms with van der Waals surface area (Å²) < 4.78 is 23.1. The van der Waals surface area contributed by atoms with E-state index in [0.717, 1.165) is 101 Å². The molecule has 188 valence electrons. The molecule has 2 spiro atoms. The summed E-state index contributed by atoms with van der Waals surface area (Å²) in [4.78, 5) is 11.3. The number of ketones is 1. The van der Waals surface area contributed by atoms with Crippen LogP contribution in [-0.2, 0) is 23.7 Å². The smallest absolute Gasteiger partial charge is 0.168 e. The van der Waals surface area contributed by atoms with Gasteiger partial charge in [-0.3, -0.25) is 4.79 Å². The van der Waals surface area contributed by atoms with E-state index >= 15 is 0 Å². The number of hydrogen-bond acceptors (Lipinski definition) is 5. The highest BCUT2D eigenvalue weighted by Crippen LogP contribution is 2.45. The second kappa shape index (κ2) is 11.1. The summed E-state index contributed by atoms with van der Waals surface area (Å²) in [6.45, 7) is 3.16. The Kier molecular flexibility index (Phi) is 8.11.